The molecule has 0 bridgehead atoms. The highest BCUT2D eigenvalue weighted by Crippen LogP contribution is 2.29. The van der Waals surface area contributed by atoms with E-state index in [1.54, 1.807) is 6.08 Å². The topological polar surface area (TPSA) is 54.5 Å². The first kappa shape index (κ1) is 18.7. The van der Waals surface area contributed by atoms with Crippen molar-refractivity contribution in [3.63, 3.8) is 0 Å². The van der Waals surface area contributed by atoms with Gasteiger partial charge in [-0.1, -0.05) is 48.0 Å². The third-order valence-electron chi connectivity index (χ3n) is 4.36. The Morgan fingerprint density at radius 1 is 1.19 bits per heavy atom. The molecule has 0 aromatic heterocycles. The normalized spacial score (nSPS) is 18.0. The average Bonchev–Trinajstić information content (AvgIpc) is 2.97. The van der Waals surface area contributed by atoms with Crippen molar-refractivity contribution in [2.45, 2.75) is 19.4 Å². The minimum atomic E-state index is -3.29. The molecule has 1 aliphatic rings. The largest absolute Gasteiger partial charge is 0.303 e. The van der Waals surface area contributed by atoms with Crippen molar-refractivity contribution in [3.8, 4) is 0 Å². The van der Waals surface area contributed by atoms with E-state index in [1.807, 2.05) is 55.5 Å². The molecule has 0 radical (unpaired) electrons. The summed E-state index contributed by atoms with van der Waals surface area (Å²) in [7, 11) is -3.29. The Morgan fingerprint density at radius 3 is 2.54 bits per heavy atom. The Balaban J connectivity index is 2.04. The van der Waals surface area contributed by atoms with Gasteiger partial charge in [0.05, 0.1) is 11.8 Å². The molecule has 136 valence electrons. The van der Waals surface area contributed by atoms with Gasteiger partial charge in [-0.05, 0) is 36.6 Å². The van der Waals surface area contributed by atoms with E-state index in [2.05, 4.69) is 0 Å². The second-order valence-electron chi connectivity index (χ2n) is 6.42. The highest BCUT2D eigenvalue weighted by molar-refractivity contribution is 7.94. The summed E-state index contributed by atoms with van der Waals surface area (Å²) in [5.74, 6) is -0.631. The molecule has 3 rings (SSSR count). The number of carbonyl (C=O) groups is 1. The molecule has 0 aliphatic carbocycles. The number of aryl methyl sites for hydroxylation is 1. The van der Waals surface area contributed by atoms with Crippen LogP contribution in [0.1, 0.15) is 16.7 Å². The number of sulfone groups is 1. The first-order valence-corrected chi connectivity index (χ1v) is 10.6. The lowest BCUT2D eigenvalue weighted by molar-refractivity contribution is -0.116. The van der Waals surface area contributed by atoms with Crippen LogP contribution in [0.25, 0.3) is 0 Å². The van der Waals surface area contributed by atoms with Crippen molar-refractivity contribution in [1.29, 1.82) is 0 Å². The summed E-state index contributed by atoms with van der Waals surface area (Å²) < 4.78 is 23.7. The molecule has 0 saturated heterocycles. The minimum Gasteiger partial charge on any atom is -0.303 e. The Labute approximate surface area is 159 Å². The number of rotatable bonds is 5. The van der Waals surface area contributed by atoms with E-state index in [0.717, 1.165) is 16.7 Å². The molecule has 1 atom stereocenters. The van der Waals surface area contributed by atoms with Gasteiger partial charge in [0.1, 0.15) is 5.88 Å². The number of anilines is 1. The smallest absolute Gasteiger partial charge is 0.242 e. The van der Waals surface area contributed by atoms with Gasteiger partial charge in [-0.25, -0.2) is 8.42 Å². The number of halogens is 1. The predicted molar refractivity (Wildman–Crippen MR) is 105 cm³/mol. The molecule has 0 N–H and O–H groups in total. The first-order chi connectivity index (χ1) is 12.4. The summed E-state index contributed by atoms with van der Waals surface area (Å²) in [6.07, 6.45) is 2.21. The zero-order valence-corrected chi connectivity index (χ0v) is 16.0. The van der Waals surface area contributed by atoms with Crippen molar-refractivity contribution >= 4 is 33.0 Å². The van der Waals surface area contributed by atoms with Crippen LogP contribution in [0, 0.1) is 6.92 Å². The van der Waals surface area contributed by atoms with Crippen molar-refractivity contribution in [1.82, 2.24) is 0 Å². The molecule has 2 aromatic rings. The van der Waals surface area contributed by atoms with E-state index >= 15 is 0 Å². The zero-order valence-electron chi connectivity index (χ0n) is 14.4. The molecule has 0 spiro atoms. The quantitative estimate of drug-likeness (QED) is 0.736. The van der Waals surface area contributed by atoms with E-state index in [0.29, 0.717) is 12.1 Å². The van der Waals surface area contributed by atoms with Crippen LogP contribution in [-0.2, 0) is 21.1 Å². The fraction of sp³-hybridized carbons (Fsp3) is 0.250. The molecule has 1 unspecified atom stereocenters. The monoisotopic (exact) mass is 389 g/mol. The van der Waals surface area contributed by atoms with Crippen LogP contribution in [0.4, 0.5) is 5.69 Å². The second-order valence-corrected chi connectivity index (χ2v) is 8.62. The Morgan fingerprint density at radius 2 is 1.92 bits per heavy atom. The SMILES string of the molecule is Cc1ccc(N(C(=O)CCl)C2C=CS(=O)(=O)C2)c(Cc2ccccc2)c1. The van der Waals surface area contributed by atoms with Crippen LogP contribution in [-0.4, -0.2) is 32.0 Å². The number of benzene rings is 2. The van der Waals surface area contributed by atoms with E-state index in [-0.39, 0.29) is 17.5 Å². The molecule has 26 heavy (non-hydrogen) atoms. The third-order valence-corrected chi connectivity index (χ3v) is 5.96. The van der Waals surface area contributed by atoms with Crippen LogP contribution in [0.3, 0.4) is 0 Å². The lowest BCUT2D eigenvalue weighted by atomic mass is 9.99. The molecular formula is C20H20ClNO3S. The van der Waals surface area contributed by atoms with Gasteiger partial charge in [0.15, 0.2) is 9.84 Å². The molecule has 6 heteroatoms. The number of hydrogen-bond donors (Lipinski definition) is 0. The maximum Gasteiger partial charge on any atom is 0.242 e. The lowest BCUT2D eigenvalue weighted by Crippen LogP contribution is -2.42. The van der Waals surface area contributed by atoms with Gasteiger partial charge < -0.3 is 4.90 Å². The summed E-state index contributed by atoms with van der Waals surface area (Å²) in [5, 5.41) is 1.18. The van der Waals surface area contributed by atoms with E-state index in [9.17, 15) is 13.2 Å². The standard InChI is InChI=1S/C20H20ClNO3S/c1-15-7-8-19(17(11-15)12-16-5-3-2-4-6-16)22(20(23)13-21)18-9-10-26(24,25)14-18/h2-11,18H,12-14H2,1H3. The third kappa shape index (κ3) is 4.17. The van der Waals surface area contributed by atoms with Gasteiger partial charge in [-0.15, -0.1) is 11.6 Å². The highest BCUT2D eigenvalue weighted by atomic mass is 35.5. The van der Waals surface area contributed by atoms with Gasteiger partial charge in [0, 0.05) is 11.1 Å². The fourth-order valence-corrected chi connectivity index (χ4v) is 4.59. The summed E-state index contributed by atoms with van der Waals surface area (Å²) >= 11 is 5.83. The van der Waals surface area contributed by atoms with Crippen molar-refractivity contribution in [3.05, 3.63) is 76.7 Å². The van der Waals surface area contributed by atoms with Crippen molar-refractivity contribution in [2.24, 2.45) is 0 Å². The van der Waals surface area contributed by atoms with Gasteiger partial charge >= 0.3 is 0 Å². The van der Waals surface area contributed by atoms with Crippen LogP contribution in [0.15, 0.2) is 60.0 Å². The molecular weight excluding hydrogens is 370 g/mol. The molecule has 0 fully saturated rings. The maximum absolute atomic E-state index is 12.6. The minimum absolute atomic E-state index is 0.117. The van der Waals surface area contributed by atoms with Crippen LogP contribution in [0.2, 0.25) is 0 Å². The van der Waals surface area contributed by atoms with Crippen LogP contribution in [0.5, 0.6) is 0 Å². The molecule has 0 saturated carbocycles. The molecule has 1 aliphatic heterocycles. The number of hydrogen-bond acceptors (Lipinski definition) is 3. The fourth-order valence-electron chi connectivity index (χ4n) is 3.19. The van der Waals surface area contributed by atoms with Gasteiger partial charge in [0.2, 0.25) is 5.91 Å². The van der Waals surface area contributed by atoms with Gasteiger partial charge in [-0.2, -0.15) is 0 Å². The van der Waals surface area contributed by atoms with E-state index in [1.165, 1.54) is 10.3 Å². The Bertz CT molecular complexity index is 939. The summed E-state index contributed by atoms with van der Waals surface area (Å²) in [6.45, 7) is 1.99. The Hall–Kier alpha value is -2.11. The van der Waals surface area contributed by atoms with Crippen molar-refractivity contribution in [2.75, 3.05) is 16.5 Å². The summed E-state index contributed by atoms with van der Waals surface area (Å²) in [4.78, 5) is 14.1. The molecule has 1 heterocycles. The highest BCUT2D eigenvalue weighted by Gasteiger charge is 2.32. The number of nitrogens with zero attached hydrogens (tertiary/aromatic N) is 1. The van der Waals surface area contributed by atoms with Crippen LogP contribution >= 0.6 is 11.6 Å². The van der Waals surface area contributed by atoms with Gasteiger partial charge in [-0.3, -0.25) is 4.79 Å². The summed E-state index contributed by atoms with van der Waals surface area (Å²) in [6, 6.07) is 15.2. The number of carbonyl (C=O) groups excluding carboxylic acids is 1. The van der Waals surface area contributed by atoms with Crippen molar-refractivity contribution < 1.29 is 13.2 Å². The van der Waals surface area contributed by atoms with E-state index in [4.69, 9.17) is 11.6 Å². The first-order valence-electron chi connectivity index (χ1n) is 8.32. The molecule has 4 nitrogen and oxygen atoms in total. The lowest BCUT2D eigenvalue weighted by Gasteiger charge is -2.29. The average molecular weight is 390 g/mol. The van der Waals surface area contributed by atoms with Gasteiger partial charge in [0.25, 0.3) is 0 Å². The summed E-state index contributed by atoms with van der Waals surface area (Å²) in [5.41, 5.74) is 3.86. The zero-order chi connectivity index (χ0) is 18.7. The van der Waals surface area contributed by atoms with E-state index < -0.39 is 15.9 Å². The molecule has 2 aromatic carbocycles. The van der Waals surface area contributed by atoms with Crippen LogP contribution < -0.4 is 4.90 Å². The maximum atomic E-state index is 12.6. The number of amides is 1. The second kappa shape index (κ2) is 7.64. The number of alkyl halides is 1. The molecule has 1 amide bonds. The Kier molecular flexibility index (Phi) is 5.49. The predicted octanol–water partition coefficient (Wildman–Crippen LogP) is 3.47.